The number of aromatic nitrogens is 1. The average molecular weight is 460 g/mol. The van der Waals surface area contributed by atoms with Gasteiger partial charge in [-0.3, -0.25) is 9.88 Å². The molecule has 2 saturated heterocycles. The summed E-state index contributed by atoms with van der Waals surface area (Å²) in [6.07, 6.45) is 4.93. The Hall–Kier alpha value is -2.88. The van der Waals surface area contributed by atoms with Gasteiger partial charge in [0.1, 0.15) is 17.7 Å². The third-order valence-electron chi connectivity index (χ3n) is 7.70. The van der Waals surface area contributed by atoms with Gasteiger partial charge in [0.15, 0.2) is 0 Å². The summed E-state index contributed by atoms with van der Waals surface area (Å²) < 4.78 is 5.11. The first kappa shape index (κ1) is 22.9. The molecule has 1 amide bonds. The van der Waals surface area contributed by atoms with Crippen LogP contribution in [0.5, 0.6) is 0 Å². The van der Waals surface area contributed by atoms with Crippen molar-refractivity contribution < 1.29 is 14.6 Å². The highest BCUT2D eigenvalue weighted by atomic mass is 16.6. The van der Waals surface area contributed by atoms with Gasteiger partial charge in [-0.1, -0.05) is 56.9 Å². The second-order valence-electron chi connectivity index (χ2n) is 10.7. The largest absolute Gasteiger partial charge is 0.447 e. The van der Waals surface area contributed by atoms with Gasteiger partial charge in [-0.15, -0.1) is 0 Å². The minimum absolute atomic E-state index is 0.278. The number of carbonyl (C=O) groups excluding carboxylic acids is 1. The number of carbonyl (C=O) groups is 1. The zero-order valence-electron chi connectivity index (χ0n) is 20.5. The fraction of sp³-hybridized carbons (Fsp3) is 0.500. The molecule has 0 spiro atoms. The molecule has 178 valence electrons. The van der Waals surface area contributed by atoms with Crippen LogP contribution in [-0.2, 0) is 10.3 Å². The van der Waals surface area contributed by atoms with Gasteiger partial charge in [0.25, 0.3) is 0 Å². The maximum Gasteiger partial charge on any atom is 0.411 e. The number of amides is 1. The van der Waals surface area contributed by atoms with Crippen molar-refractivity contribution in [1.82, 2.24) is 14.8 Å². The standard InChI is InChI=1S/C28H33N3O3/c1-20(2)22-5-7-23(8-6-22)28(33,26(3)18-30(4)19-26)24-15-21(16-29-17-24)9-10-27(11-12-27)31-13-14-34-25(31)32/h5-8,15-17,20,33H,11-14,18-19H2,1-4H3/t28-/m0/s1. The summed E-state index contributed by atoms with van der Waals surface area (Å²) in [5.41, 5.74) is 1.63. The molecule has 1 aromatic heterocycles. The number of rotatable bonds is 5. The Morgan fingerprint density at radius 1 is 1.15 bits per heavy atom. The summed E-state index contributed by atoms with van der Waals surface area (Å²) in [6, 6.07) is 10.3. The molecule has 1 saturated carbocycles. The molecule has 1 aromatic carbocycles. The Kier molecular flexibility index (Phi) is 5.46. The normalized spacial score (nSPS) is 22.4. The second kappa shape index (κ2) is 8.11. The first-order valence-electron chi connectivity index (χ1n) is 12.1. The highest BCUT2D eigenvalue weighted by Gasteiger charge is 2.55. The first-order valence-corrected chi connectivity index (χ1v) is 12.1. The summed E-state index contributed by atoms with van der Waals surface area (Å²) in [4.78, 5) is 20.5. The molecule has 0 unspecified atom stereocenters. The lowest BCUT2D eigenvalue weighted by atomic mass is 9.62. The average Bonchev–Trinajstić information content (AvgIpc) is 3.47. The number of benzene rings is 1. The van der Waals surface area contributed by atoms with Crippen molar-refractivity contribution in [2.75, 3.05) is 33.3 Å². The van der Waals surface area contributed by atoms with Crippen LogP contribution < -0.4 is 0 Å². The van der Waals surface area contributed by atoms with Gasteiger partial charge in [0, 0.05) is 42.0 Å². The van der Waals surface area contributed by atoms with Crippen LogP contribution >= 0.6 is 0 Å². The van der Waals surface area contributed by atoms with Gasteiger partial charge >= 0.3 is 6.09 Å². The summed E-state index contributed by atoms with van der Waals surface area (Å²) in [6.45, 7) is 9.06. The van der Waals surface area contributed by atoms with Crippen LogP contribution in [-0.4, -0.2) is 64.8 Å². The van der Waals surface area contributed by atoms with Crippen molar-refractivity contribution in [1.29, 1.82) is 0 Å². The third-order valence-corrected chi connectivity index (χ3v) is 7.70. The number of likely N-dealkylation sites (tertiary alicyclic amines) is 1. The van der Waals surface area contributed by atoms with E-state index in [-0.39, 0.29) is 11.5 Å². The predicted octanol–water partition coefficient (Wildman–Crippen LogP) is 3.73. The van der Waals surface area contributed by atoms with Crippen LogP contribution in [0.3, 0.4) is 0 Å². The van der Waals surface area contributed by atoms with Gasteiger partial charge < -0.3 is 14.7 Å². The van der Waals surface area contributed by atoms with E-state index in [0.717, 1.165) is 42.6 Å². The Morgan fingerprint density at radius 3 is 2.41 bits per heavy atom. The number of nitrogens with zero attached hydrogens (tertiary/aromatic N) is 3. The predicted molar refractivity (Wildman–Crippen MR) is 130 cm³/mol. The number of hydrogen-bond donors (Lipinski definition) is 1. The Balaban J connectivity index is 1.51. The molecular formula is C28H33N3O3. The van der Waals surface area contributed by atoms with E-state index >= 15 is 0 Å². The van der Waals surface area contributed by atoms with E-state index in [1.54, 1.807) is 17.3 Å². The van der Waals surface area contributed by atoms with E-state index < -0.39 is 11.1 Å². The van der Waals surface area contributed by atoms with Crippen LogP contribution in [0.15, 0.2) is 42.7 Å². The number of aliphatic hydroxyl groups is 1. The highest BCUT2D eigenvalue weighted by molar-refractivity contribution is 5.72. The molecule has 0 radical (unpaired) electrons. The van der Waals surface area contributed by atoms with Crippen molar-refractivity contribution in [3.63, 3.8) is 0 Å². The lowest BCUT2D eigenvalue weighted by molar-refractivity contribution is -0.127. The molecule has 1 aliphatic carbocycles. The van der Waals surface area contributed by atoms with Crippen molar-refractivity contribution >= 4 is 6.09 Å². The smallest absolute Gasteiger partial charge is 0.411 e. The number of ether oxygens (including phenoxy) is 1. The van der Waals surface area contributed by atoms with Crippen LogP contribution in [0.1, 0.15) is 61.8 Å². The summed E-state index contributed by atoms with van der Waals surface area (Å²) in [5.74, 6) is 6.99. The van der Waals surface area contributed by atoms with Crippen LogP contribution in [0.2, 0.25) is 0 Å². The number of hydrogen-bond acceptors (Lipinski definition) is 5. The van der Waals surface area contributed by atoms with Gasteiger partial charge in [0.2, 0.25) is 0 Å². The van der Waals surface area contributed by atoms with E-state index in [0.29, 0.717) is 19.1 Å². The molecule has 5 rings (SSSR count). The Bertz CT molecular complexity index is 1150. The molecule has 3 aliphatic rings. The van der Waals surface area contributed by atoms with Gasteiger partial charge in [-0.2, -0.15) is 0 Å². The van der Waals surface area contributed by atoms with E-state index in [1.807, 2.05) is 6.07 Å². The Morgan fingerprint density at radius 2 is 1.85 bits per heavy atom. The molecule has 3 heterocycles. The first-order chi connectivity index (χ1) is 16.2. The molecular weight excluding hydrogens is 426 g/mol. The minimum Gasteiger partial charge on any atom is -0.447 e. The maximum absolute atomic E-state index is 12.4. The van der Waals surface area contributed by atoms with Gasteiger partial charge in [0.05, 0.1) is 6.54 Å². The van der Waals surface area contributed by atoms with Crippen molar-refractivity contribution in [3.8, 4) is 11.8 Å². The minimum atomic E-state index is -1.20. The molecule has 3 fully saturated rings. The number of cyclic esters (lactones) is 1. The van der Waals surface area contributed by atoms with Crippen molar-refractivity contribution in [2.24, 2.45) is 5.41 Å². The molecule has 2 aliphatic heterocycles. The van der Waals surface area contributed by atoms with Crippen LogP contribution in [0.25, 0.3) is 0 Å². The molecule has 0 bridgehead atoms. The van der Waals surface area contributed by atoms with Crippen LogP contribution in [0.4, 0.5) is 4.79 Å². The fourth-order valence-corrected chi connectivity index (χ4v) is 5.60. The molecule has 6 nitrogen and oxygen atoms in total. The summed E-state index contributed by atoms with van der Waals surface area (Å²) >= 11 is 0. The second-order valence-corrected chi connectivity index (χ2v) is 10.7. The SMILES string of the molecule is CC(C)c1ccc([C@](O)(c2cncc(C#CC3(N4CCOC4=O)CC3)c2)C2(C)CN(C)C2)cc1. The molecule has 2 aromatic rings. The summed E-state index contributed by atoms with van der Waals surface area (Å²) in [5, 5.41) is 12.4. The Labute approximate surface area is 201 Å². The maximum atomic E-state index is 12.4. The summed E-state index contributed by atoms with van der Waals surface area (Å²) in [7, 11) is 2.07. The quantitative estimate of drug-likeness (QED) is 0.691. The monoisotopic (exact) mass is 459 g/mol. The molecule has 1 N–H and O–H groups in total. The van der Waals surface area contributed by atoms with Gasteiger partial charge in [-0.05, 0) is 43.0 Å². The van der Waals surface area contributed by atoms with Crippen molar-refractivity contribution in [2.45, 2.75) is 50.7 Å². The van der Waals surface area contributed by atoms with E-state index in [4.69, 9.17) is 4.74 Å². The zero-order valence-corrected chi connectivity index (χ0v) is 20.5. The highest BCUT2D eigenvalue weighted by Crippen LogP contribution is 2.50. The fourth-order valence-electron chi connectivity index (χ4n) is 5.60. The van der Waals surface area contributed by atoms with E-state index in [1.165, 1.54) is 5.56 Å². The third kappa shape index (κ3) is 3.68. The molecule has 1 atom stereocenters. The zero-order chi connectivity index (χ0) is 24.1. The lowest BCUT2D eigenvalue weighted by Gasteiger charge is -2.55. The topological polar surface area (TPSA) is 65.9 Å². The molecule has 6 heteroatoms. The van der Waals surface area contributed by atoms with E-state index in [9.17, 15) is 9.90 Å². The van der Waals surface area contributed by atoms with E-state index in [2.05, 4.69) is 73.8 Å². The van der Waals surface area contributed by atoms with Crippen LogP contribution in [0, 0.1) is 17.3 Å². The van der Waals surface area contributed by atoms with Gasteiger partial charge in [-0.25, -0.2) is 4.79 Å². The molecule has 34 heavy (non-hydrogen) atoms. The van der Waals surface area contributed by atoms with Crippen molar-refractivity contribution in [3.05, 3.63) is 65.0 Å². The number of pyridine rings is 1. The lowest BCUT2D eigenvalue weighted by Crippen LogP contribution is -2.63.